The van der Waals surface area contributed by atoms with E-state index in [2.05, 4.69) is 10.2 Å². The highest BCUT2D eigenvalue weighted by molar-refractivity contribution is 5.89. The van der Waals surface area contributed by atoms with Crippen molar-refractivity contribution in [3.05, 3.63) is 23.8 Å². The number of esters is 1. The van der Waals surface area contributed by atoms with Gasteiger partial charge in [0.05, 0.1) is 24.2 Å². The van der Waals surface area contributed by atoms with Gasteiger partial charge in [0.15, 0.2) is 11.5 Å². The molecular formula is C19H28N2O10. The zero-order valence-electron chi connectivity index (χ0n) is 17.8. The molecule has 31 heavy (non-hydrogen) atoms. The number of unbranched alkanes of at least 4 members (excludes halogenated alkanes) is 1. The Labute approximate surface area is 179 Å². The first-order chi connectivity index (χ1) is 14.4. The van der Waals surface area contributed by atoms with Crippen molar-refractivity contribution in [3.8, 4) is 11.5 Å². The number of amides is 1. The van der Waals surface area contributed by atoms with Crippen LogP contribution < -0.4 is 14.8 Å². The van der Waals surface area contributed by atoms with E-state index in [1.807, 2.05) is 0 Å². The summed E-state index contributed by atoms with van der Waals surface area (Å²) in [6, 6.07) is 2.69. The largest absolute Gasteiger partial charge is 0.490 e. The Morgan fingerprint density at radius 3 is 2.32 bits per heavy atom. The minimum absolute atomic E-state index is 0.0318. The molecule has 0 bridgehead atoms. The number of aromatic carboxylic acids is 1. The lowest BCUT2D eigenvalue weighted by atomic mass is 10.2. The number of carboxylic acids is 1. The fourth-order valence-electron chi connectivity index (χ4n) is 2.11. The molecule has 0 aliphatic rings. The van der Waals surface area contributed by atoms with Gasteiger partial charge in [0.2, 0.25) is 0 Å². The number of benzene rings is 1. The number of ether oxygens (including phenoxy) is 3. The maximum atomic E-state index is 12.4. The molecule has 0 aliphatic carbocycles. The minimum Gasteiger partial charge on any atom is -0.490 e. The fourth-order valence-corrected chi connectivity index (χ4v) is 2.11. The number of hydrogen-bond acceptors (Lipinski definition) is 10. The van der Waals surface area contributed by atoms with Crippen LogP contribution in [0.3, 0.4) is 0 Å². The smallest absolute Gasteiger partial charge is 0.408 e. The summed E-state index contributed by atoms with van der Waals surface area (Å²) in [5.41, 5.74) is -0.871. The van der Waals surface area contributed by atoms with Gasteiger partial charge < -0.3 is 24.6 Å². The Morgan fingerprint density at radius 1 is 1.10 bits per heavy atom. The van der Waals surface area contributed by atoms with Gasteiger partial charge in [-0.15, -0.1) is 0 Å². The molecule has 0 aromatic heterocycles. The fraction of sp³-hybridized carbons (Fsp3) is 0.526. The molecule has 1 aromatic rings. The van der Waals surface area contributed by atoms with Gasteiger partial charge in [0.1, 0.15) is 11.6 Å². The number of hydrogen-bond donors (Lipinski definition) is 4. The van der Waals surface area contributed by atoms with Crippen LogP contribution in [-0.2, 0) is 14.4 Å². The topological polar surface area (TPSA) is 164 Å². The zero-order valence-corrected chi connectivity index (χ0v) is 17.8. The Balaban J connectivity index is 2.76. The molecule has 0 saturated heterocycles. The second-order valence-electron chi connectivity index (χ2n) is 7.40. The van der Waals surface area contributed by atoms with Crippen LogP contribution in [0, 0.1) is 0 Å². The molecule has 1 aromatic carbocycles. The summed E-state index contributed by atoms with van der Waals surface area (Å²) < 4.78 is 15.9. The predicted octanol–water partition coefficient (Wildman–Crippen LogP) is 2.37. The van der Waals surface area contributed by atoms with Crippen LogP contribution in [0.5, 0.6) is 11.5 Å². The van der Waals surface area contributed by atoms with Gasteiger partial charge in [-0.25, -0.2) is 14.4 Å². The number of carboxylic acid groups (broad SMARTS) is 1. The van der Waals surface area contributed by atoms with Gasteiger partial charge in [0, 0.05) is 0 Å². The molecule has 0 aliphatic heterocycles. The molecule has 174 valence electrons. The Morgan fingerprint density at radius 2 is 1.74 bits per heavy atom. The first kappa shape index (κ1) is 26.1. The number of rotatable bonds is 11. The monoisotopic (exact) mass is 444 g/mol. The summed E-state index contributed by atoms with van der Waals surface area (Å²) >= 11 is 0. The maximum Gasteiger partial charge on any atom is 0.408 e. The normalized spacial score (nSPS) is 12.2. The average molecular weight is 444 g/mol. The van der Waals surface area contributed by atoms with Crippen LogP contribution in [0.25, 0.3) is 0 Å². The van der Waals surface area contributed by atoms with E-state index in [1.54, 1.807) is 20.8 Å². The molecule has 0 radical (unpaired) electrons. The Kier molecular flexibility index (Phi) is 10.1. The summed E-state index contributed by atoms with van der Waals surface area (Å²) in [4.78, 5) is 39.8. The number of nitrogens with zero attached hydrogens (tertiary/aromatic N) is 1. The Hall–Kier alpha value is -2.93. The van der Waals surface area contributed by atoms with Crippen molar-refractivity contribution in [2.24, 2.45) is 0 Å². The summed E-state index contributed by atoms with van der Waals surface area (Å²) in [7, 11) is 0. The van der Waals surface area contributed by atoms with Gasteiger partial charge in [-0.3, -0.25) is 15.3 Å². The predicted molar refractivity (Wildman–Crippen MR) is 104 cm³/mol. The van der Waals surface area contributed by atoms with Crippen molar-refractivity contribution in [2.75, 3.05) is 13.2 Å². The van der Waals surface area contributed by atoms with Crippen LogP contribution in [0.4, 0.5) is 4.79 Å². The molecule has 0 saturated carbocycles. The van der Waals surface area contributed by atoms with Crippen LogP contribution in [0.1, 0.15) is 50.9 Å². The van der Waals surface area contributed by atoms with Crippen molar-refractivity contribution >= 4 is 18.0 Å². The highest BCUT2D eigenvalue weighted by Gasteiger charge is 2.23. The molecule has 1 unspecified atom stereocenters. The molecule has 12 nitrogen and oxygen atoms in total. The molecular weight excluding hydrogens is 416 g/mol. The van der Waals surface area contributed by atoms with E-state index < -0.39 is 35.1 Å². The van der Waals surface area contributed by atoms with E-state index in [-0.39, 0.29) is 30.3 Å². The molecule has 1 rings (SSSR count). The molecule has 12 heteroatoms. The lowest BCUT2D eigenvalue weighted by Gasteiger charge is -2.21. The quantitative estimate of drug-likeness (QED) is 0.171. The first-order valence-corrected chi connectivity index (χ1v) is 9.41. The number of carbonyl (C=O) groups is 3. The first-order valence-electron chi connectivity index (χ1n) is 9.41. The van der Waals surface area contributed by atoms with Gasteiger partial charge in [-0.2, -0.15) is 0 Å². The molecule has 0 fully saturated rings. The third kappa shape index (κ3) is 10.6. The third-order valence-corrected chi connectivity index (χ3v) is 3.49. The van der Waals surface area contributed by atoms with Crippen LogP contribution in [-0.4, -0.2) is 63.8 Å². The second-order valence-corrected chi connectivity index (χ2v) is 7.40. The van der Waals surface area contributed by atoms with E-state index in [4.69, 9.17) is 24.6 Å². The SMILES string of the molecule is CC(NC(=O)OC(C)(C)C)C(=O)Oc1cc(C(=O)O)ccc1OCCCCON(O)O. The molecule has 4 N–H and O–H groups in total. The molecule has 0 spiro atoms. The zero-order chi connectivity index (χ0) is 23.6. The summed E-state index contributed by atoms with van der Waals surface area (Å²) in [5, 5.41) is 28.0. The molecule has 1 atom stereocenters. The summed E-state index contributed by atoms with van der Waals surface area (Å²) in [6.07, 6.45) is 0.0780. The van der Waals surface area contributed by atoms with Gasteiger partial charge in [-0.1, -0.05) is 0 Å². The summed E-state index contributed by atoms with van der Waals surface area (Å²) in [6.45, 7) is 6.59. The van der Waals surface area contributed by atoms with Crippen molar-refractivity contribution in [2.45, 2.75) is 52.2 Å². The van der Waals surface area contributed by atoms with Crippen LogP contribution in [0.15, 0.2) is 18.2 Å². The highest BCUT2D eigenvalue weighted by Crippen LogP contribution is 2.29. The third-order valence-electron chi connectivity index (χ3n) is 3.49. The lowest BCUT2D eigenvalue weighted by molar-refractivity contribution is -0.492. The van der Waals surface area contributed by atoms with Crippen molar-refractivity contribution in [1.82, 2.24) is 10.7 Å². The number of alkyl carbamates (subject to hydrolysis) is 1. The molecule has 1 amide bonds. The molecule has 0 heterocycles. The highest BCUT2D eigenvalue weighted by atomic mass is 17.1. The van der Waals surface area contributed by atoms with E-state index in [0.29, 0.717) is 12.8 Å². The van der Waals surface area contributed by atoms with Gasteiger partial charge >= 0.3 is 18.0 Å². The average Bonchev–Trinajstić information content (AvgIpc) is 2.63. The van der Waals surface area contributed by atoms with Gasteiger partial charge in [0.25, 0.3) is 0 Å². The van der Waals surface area contributed by atoms with E-state index in [1.165, 1.54) is 19.1 Å². The lowest BCUT2D eigenvalue weighted by Crippen LogP contribution is -2.43. The maximum absolute atomic E-state index is 12.4. The van der Waals surface area contributed by atoms with Crippen LogP contribution >= 0.6 is 0 Å². The van der Waals surface area contributed by atoms with Crippen molar-refractivity contribution in [1.29, 1.82) is 0 Å². The Bertz CT molecular complexity index is 761. The minimum atomic E-state index is -1.22. The van der Waals surface area contributed by atoms with Crippen molar-refractivity contribution < 1.29 is 49.0 Å². The summed E-state index contributed by atoms with van der Waals surface area (Å²) in [5.74, 6) is -2.08. The number of carbonyl (C=O) groups excluding carboxylic acids is 2. The van der Waals surface area contributed by atoms with Gasteiger partial charge in [-0.05, 0) is 58.7 Å². The van der Waals surface area contributed by atoms with E-state index in [0.717, 1.165) is 6.07 Å². The van der Waals surface area contributed by atoms with Crippen molar-refractivity contribution in [3.63, 3.8) is 0 Å². The second kappa shape index (κ2) is 12.1. The van der Waals surface area contributed by atoms with E-state index in [9.17, 15) is 19.5 Å². The van der Waals surface area contributed by atoms with Crippen LogP contribution in [0.2, 0.25) is 0 Å². The standard InChI is InChI=1S/C19H28N2O10/c1-12(20-18(25)31-19(2,3)4)17(24)30-15-11-13(16(22)23)7-8-14(15)28-9-5-6-10-29-21(26)27/h7-8,11-12,26-27H,5-6,9-10H2,1-4H3,(H,20,25)(H,22,23). The number of nitrogens with one attached hydrogen (secondary N) is 1. The van der Waals surface area contributed by atoms with E-state index >= 15 is 0 Å².